The van der Waals surface area contributed by atoms with Gasteiger partial charge >= 0.3 is 0 Å². The highest BCUT2D eigenvalue weighted by Crippen LogP contribution is 2.25. The minimum Gasteiger partial charge on any atom is -0.351 e. The summed E-state index contributed by atoms with van der Waals surface area (Å²) in [4.78, 5) is 14.9. The van der Waals surface area contributed by atoms with Crippen molar-refractivity contribution in [3.63, 3.8) is 0 Å². The number of likely N-dealkylation sites (N-methyl/N-ethyl adjacent to an activating group) is 1. The molecule has 1 N–H and O–H groups in total. The number of rotatable bonds is 7. The second-order valence-electron chi connectivity index (χ2n) is 6.95. The maximum atomic E-state index is 12.6. The van der Waals surface area contributed by atoms with Gasteiger partial charge in [-0.15, -0.1) is 0 Å². The van der Waals surface area contributed by atoms with E-state index in [2.05, 4.69) is 36.2 Å². The Labute approximate surface area is 154 Å². The summed E-state index contributed by atoms with van der Waals surface area (Å²) in [6.45, 7) is 5.66. The van der Waals surface area contributed by atoms with Crippen LogP contribution in [0.15, 0.2) is 30.5 Å². The largest absolute Gasteiger partial charge is 0.351 e. The second kappa shape index (κ2) is 7.58. The Morgan fingerprint density at radius 1 is 1.36 bits per heavy atom. The Bertz CT molecular complexity index is 734. The van der Waals surface area contributed by atoms with Gasteiger partial charge in [-0.1, -0.05) is 25.4 Å². The van der Waals surface area contributed by atoms with Crippen molar-refractivity contribution in [2.24, 2.45) is 0 Å². The lowest BCUT2D eigenvalue weighted by atomic mass is 10.1. The summed E-state index contributed by atoms with van der Waals surface area (Å²) in [5.41, 5.74) is 2.45. The van der Waals surface area contributed by atoms with E-state index in [0.717, 1.165) is 17.9 Å². The summed E-state index contributed by atoms with van der Waals surface area (Å²) < 4.78 is 1.83. The molecule has 5 nitrogen and oxygen atoms in total. The lowest BCUT2D eigenvalue weighted by Gasteiger charge is -2.16. The summed E-state index contributed by atoms with van der Waals surface area (Å²) in [5.74, 6) is 0.112. The average Bonchev–Trinajstić information content (AvgIpc) is 3.33. The highest BCUT2D eigenvalue weighted by molar-refractivity contribution is 6.30. The molecule has 0 radical (unpaired) electrons. The first-order chi connectivity index (χ1) is 12.0. The fourth-order valence-electron chi connectivity index (χ4n) is 3.02. The summed E-state index contributed by atoms with van der Waals surface area (Å²) in [5, 5.41) is 8.15. The number of amides is 1. The number of carbonyl (C=O) groups is 1. The van der Waals surface area contributed by atoms with Gasteiger partial charge in [0.1, 0.15) is 0 Å². The third-order valence-corrected chi connectivity index (χ3v) is 4.84. The lowest BCUT2D eigenvalue weighted by Crippen LogP contribution is -2.34. The van der Waals surface area contributed by atoms with Crippen LogP contribution in [-0.4, -0.2) is 46.8 Å². The van der Waals surface area contributed by atoms with E-state index in [4.69, 9.17) is 11.6 Å². The van der Waals surface area contributed by atoms with Gasteiger partial charge in [0.15, 0.2) is 0 Å². The van der Waals surface area contributed by atoms with Crippen molar-refractivity contribution < 1.29 is 4.79 Å². The molecule has 0 spiro atoms. The van der Waals surface area contributed by atoms with Crippen LogP contribution in [0.5, 0.6) is 0 Å². The van der Waals surface area contributed by atoms with Crippen molar-refractivity contribution in [2.45, 2.75) is 38.6 Å². The third-order valence-electron chi connectivity index (χ3n) is 4.59. The predicted molar refractivity (Wildman–Crippen MR) is 101 cm³/mol. The molecule has 6 heteroatoms. The molecular weight excluding hydrogens is 336 g/mol. The van der Waals surface area contributed by atoms with Crippen LogP contribution < -0.4 is 5.32 Å². The summed E-state index contributed by atoms with van der Waals surface area (Å²) in [6, 6.07) is 8.18. The molecule has 3 rings (SSSR count). The van der Waals surface area contributed by atoms with Gasteiger partial charge in [0.25, 0.3) is 5.91 Å². The van der Waals surface area contributed by atoms with Crippen LogP contribution in [-0.2, 0) is 0 Å². The van der Waals surface area contributed by atoms with Gasteiger partial charge in [-0.2, -0.15) is 5.10 Å². The maximum absolute atomic E-state index is 12.6. The first kappa shape index (κ1) is 18.0. The Hall–Kier alpha value is -1.85. The molecule has 134 valence electrons. The topological polar surface area (TPSA) is 50.2 Å². The molecule has 0 saturated heterocycles. The number of hydrogen-bond donors (Lipinski definition) is 1. The Kier molecular flexibility index (Phi) is 5.45. The maximum Gasteiger partial charge on any atom is 0.254 e. The van der Waals surface area contributed by atoms with Crippen LogP contribution in [0.4, 0.5) is 0 Å². The monoisotopic (exact) mass is 360 g/mol. The Balaban J connectivity index is 1.74. The van der Waals surface area contributed by atoms with Crippen LogP contribution in [0.25, 0.3) is 5.69 Å². The number of hydrogen-bond acceptors (Lipinski definition) is 3. The van der Waals surface area contributed by atoms with E-state index < -0.39 is 0 Å². The van der Waals surface area contributed by atoms with E-state index >= 15 is 0 Å². The van der Waals surface area contributed by atoms with Crippen molar-refractivity contribution in [3.8, 4) is 5.69 Å². The number of carbonyl (C=O) groups excluding carboxylic acids is 1. The number of halogens is 1. The summed E-state index contributed by atoms with van der Waals surface area (Å²) in [6.07, 6.45) is 4.20. The lowest BCUT2D eigenvalue weighted by molar-refractivity contribution is 0.0948. The van der Waals surface area contributed by atoms with Crippen molar-refractivity contribution in [3.05, 3.63) is 46.7 Å². The Morgan fingerprint density at radius 2 is 2.04 bits per heavy atom. The van der Waals surface area contributed by atoms with Crippen LogP contribution in [0, 0.1) is 0 Å². The van der Waals surface area contributed by atoms with Crippen molar-refractivity contribution in [1.29, 1.82) is 0 Å². The van der Waals surface area contributed by atoms with Gasteiger partial charge in [-0.05, 0) is 50.1 Å². The van der Waals surface area contributed by atoms with Crippen LogP contribution in [0.2, 0.25) is 5.02 Å². The molecule has 1 amide bonds. The quantitative estimate of drug-likeness (QED) is 0.822. The zero-order valence-electron chi connectivity index (χ0n) is 15.0. The van der Waals surface area contributed by atoms with Crippen LogP contribution in [0.3, 0.4) is 0 Å². The Morgan fingerprint density at radius 3 is 2.64 bits per heavy atom. The molecule has 0 aliphatic heterocycles. The standard InChI is InChI=1S/C19H25ClN4O/c1-13(2)18-17(19(25)21-10-11-23(3)15-8-9-15)12-22-24(18)16-6-4-14(20)5-7-16/h4-7,12-13,15H,8-11H2,1-3H3,(H,21,25). The molecule has 1 aromatic heterocycles. The van der Waals surface area contributed by atoms with Crippen molar-refractivity contribution in [1.82, 2.24) is 20.0 Å². The third kappa shape index (κ3) is 4.22. The second-order valence-corrected chi connectivity index (χ2v) is 7.39. The molecule has 1 heterocycles. The zero-order valence-corrected chi connectivity index (χ0v) is 15.8. The number of aromatic nitrogens is 2. The molecule has 2 aromatic rings. The SMILES string of the molecule is CC(C)c1c(C(=O)NCCN(C)C2CC2)cnn1-c1ccc(Cl)cc1. The fourth-order valence-corrected chi connectivity index (χ4v) is 3.14. The minimum absolute atomic E-state index is 0.0619. The number of nitrogens with zero attached hydrogens (tertiary/aromatic N) is 3. The molecule has 1 aliphatic rings. The van der Waals surface area contributed by atoms with Gasteiger partial charge in [-0.3, -0.25) is 4.79 Å². The summed E-state index contributed by atoms with van der Waals surface area (Å²) in [7, 11) is 2.11. The van der Waals surface area contributed by atoms with E-state index in [1.165, 1.54) is 12.8 Å². The highest BCUT2D eigenvalue weighted by atomic mass is 35.5. The first-order valence-electron chi connectivity index (χ1n) is 8.79. The summed E-state index contributed by atoms with van der Waals surface area (Å²) >= 11 is 5.97. The molecule has 1 fully saturated rings. The number of nitrogens with one attached hydrogen (secondary N) is 1. The molecule has 1 aliphatic carbocycles. The average molecular weight is 361 g/mol. The molecule has 25 heavy (non-hydrogen) atoms. The first-order valence-corrected chi connectivity index (χ1v) is 9.17. The smallest absolute Gasteiger partial charge is 0.254 e. The minimum atomic E-state index is -0.0619. The van der Waals surface area contributed by atoms with Crippen LogP contribution in [0.1, 0.15) is 48.7 Å². The molecule has 0 unspecified atom stereocenters. The number of benzene rings is 1. The molecule has 0 atom stereocenters. The van der Waals surface area contributed by atoms with E-state index in [1.807, 2.05) is 28.9 Å². The van der Waals surface area contributed by atoms with E-state index in [-0.39, 0.29) is 11.8 Å². The van der Waals surface area contributed by atoms with Gasteiger partial charge in [0.2, 0.25) is 0 Å². The van der Waals surface area contributed by atoms with Gasteiger partial charge < -0.3 is 10.2 Å². The zero-order chi connectivity index (χ0) is 18.0. The molecule has 1 saturated carbocycles. The van der Waals surface area contributed by atoms with E-state index in [0.29, 0.717) is 23.2 Å². The molecular formula is C19H25ClN4O. The van der Waals surface area contributed by atoms with E-state index in [1.54, 1.807) is 6.20 Å². The van der Waals surface area contributed by atoms with Crippen molar-refractivity contribution in [2.75, 3.05) is 20.1 Å². The normalized spacial score (nSPS) is 14.3. The van der Waals surface area contributed by atoms with Gasteiger partial charge in [-0.25, -0.2) is 4.68 Å². The van der Waals surface area contributed by atoms with Gasteiger partial charge in [0.05, 0.1) is 23.1 Å². The highest BCUT2D eigenvalue weighted by Gasteiger charge is 2.26. The predicted octanol–water partition coefficient (Wildman–Crippen LogP) is 3.47. The van der Waals surface area contributed by atoms with Crippen molar-refractivity contribution >= 4 is 17.5 Å². The molecule has 0 bridgehead atoms. The van der Waals surface area contributed by atoms with Gasteiger partial charge in [0, 0.05) is 24.2 Å². The van der Waals surface area contributed by atoms with E-state index in [9.17, 15) is 4.79 Å². The van der Waals surface area contributed by atoms with Crippen LogP contribution >= 0.6 is 11.6 Å². The molecule has 1 aromatic carbocycles. The fraction of sp³-hybridized carbons (Fsp3) is 0.474.